The molecule has 12 heteroatoms. The fourth-order valence-corrected chi connectivity index (χ4v) is 4.13. The summed E-state index contributed by atoms with van der Waals surface area (Å²) in [4.78, 5) is 28.1. The first-order valence-corrected chi connectivity index (χ1v) is 11.3. The van der Waals surface area contributed by atoms with Gasteiger partial charge in [0.25, 0.3) is 11.8 Å². The van der Waals surface area contributed by atoms with Crippen molar-refractivity contribution in [1.29, 1.82) is 5.26 Å². The minimum absolute atomic E-state index is 0.0270. The third-order valence-electron chi connectivity index (χ3n) is 5.83. The van der Waals surface area contributed by atoms with Gasteiger partial charge in [-0.1, -0.05) is 12.1 Å². The Morgan fingerprint density at radius 1 is 1.24 bits per heavy atom. The first-order chi connectivity index (χ1) is 17.6. The standard InChI is InChI=1S/C25H23F3N6O3/c1-15-13-33-22(20(12-31-33)23(35)32-18-5-8-21(37-2)17(9-18)10-29)24(36)34(15)19-6-3-16(4-7-19)11-30-14-25(26,27)28/h3-9,12,15,30H,11,13-14H2,1-2H3,(H,32,35). The number of carbonyl (C=O) groups excluding carboxylic acids is 2. The third kappa shape index (κ3) is 5.57. The predicted octanol–water partition coefficient (Wildman–Crippen LogP) is 3.72. The number of fused-ring (bicyclic) bond motifs is 1. The van der Waals surface area contributed by atoms with Crippen molar-refractivity contribution in [2.24, 2.45) is 0 Å². The number of rotatable bonds is 7. The van der Waals surface area contributed by atoms with Gasteiger partial charge >= 0.3 is 6.18 Å². The number of methoxy groups -OCH3 is 1. The first-order valence-electron chi connectivity index (χ1n) is 11.3. The number of hydrogen-bond donors (Lipinski definition) is 2. The number of aromatic nitrogens is 2. The number of anilines is 2. The quantitative estimate of drug-likeness (QED) is 0.499. The summed E-state index contributed by atoms with van der Waals surface area (Å²) in [5.74, 6) is -0.633. The lowest BCUT2D eigenvalue weighted by Gasteiger charge is -2.34. The summed E-state index contributed by atoms with van der Waals surface area (Å²) >= 11 is 0. The number of nitriles is 1. The highest BCUT2D eigenvalue weighted by atomic mass is 19.4. The average molecular weight is 512 g/mol. The summed E-state index contributed by atoms with van der Waals surface area (Å²) in [5.41, 5.74) is 1.96. The monoisotopic (exact) mass is 512 g/mol. The Labute approximate surface area is 210 Å². The maximum absolute atomic E-state index is 13.5. The molecule has 0 fully saturated rings. The molecule has 37 heavy (non-hydrogen) atoms. The molecule has 1 aliphatic rings. The molecule has 1 aliphatic heterocycles. The maximum Gasteiger partial charge on any atom is 0.401 e. The van der Waals surface area contributed by atoms with E-state index >= 15 is 0 Å². The van der Waals surface area contributed by atoms with Gasteiger partial charge in [-0.3, -0.25) is 14.3 Å². The Hall–Kier alpha value is -4.37. The third-order valence-corrected chi connectivity index (χ3v) is 5.83. The van der Waals surface area contributed by atoms with Crippen LogP contribution in [0, 0.1) is 11.3 Å². The molecule has 3 aromatic rings. The Bertz CT molecular complexity index is 1360. The van der Waals surface area contributed by atoms with Gasteiger partial charge in [-0.2, -0.15) is 23.5 Å². The van der Waals surface area contributed by atoms with Gasteiger partial charge in [0.2, 0.25) is 0 Å². The van der Waals surface area contributed by atoms with Crippen LogP contribution in [0.5, 0.6) is 5.75 Å². The summed E-state index contributed by atoms with van der Waals surface area (Å²) in [6.45, 7) is 1.10. The second-order valence-corrected chi connectivity index (χ2v) is 8.48. The van der Waals surface area contributed by atoms with Gasteiger partial charge in [0.05, 0.1) is 43.6 Å². The summed E-state index contributed by atoms with van der Waals surface area (Å²) in [6, 6.07) is 12.9. The van der Waals surface area contributed by atoms with E-state index in [2.05, 4.69) is 15.7 Å². The fraction of sp³-hybridized carbons (Fsp3) is 0.280. The van der Waals surface area contributed by atoms with Crippen molar-refractivity contribution < 1.29 is 27.5 Å². The van der Waals surface area contributed by atoms with Crippen LogP contribution in [-0.2, 0) is 13.1 Å². The summed E-state index contributed by atoms with van der Waals surface area (Å²) in [5, 5.41) is 18.5. The Balaban J connectivity index is 1.53. The van der Waals surface area contributed by atoms with E-state index in [1.54, 1.807) is 36.4 Å². The highest BCUT2D eigenvalue weighted by Crippen LogP contribution is 2.28. The Morgan fingerprint density at radius 3 is 2.62 bits per heavy atom. The largest absolute Gasteiger partial charge is 0.495 e. The number of nitrogens with zero attached hydrogens (tertiary/aromatic N) is 4. The zero-order valence-corrected chi connectivity index (χ0v) is 20.0. The predicted molar refractivity (Wildman–Crippen MR) is 128 cm³/mol. The second-order valence-electron chi connectivity index (χ2n) is 8.48. The molecular formula is C25H23F3N6O3. The van der Waals surface area contributed by atoms with Crippen LogP contribution in [0.4, 0.5) is 24.5 Å². The molecule has 0 aliphatic carbocycles. The minimum atomic E-state index is -4.30. The van der Waals surface area contributed by atoms with E-state index < -0.39 is 24.5 Å². The minimum Gasteiger partial charge on any atom is -0.495 e. The van der Waals surface area contributed by atoms with E-state index in [4.69, 9.17) is 4.74 Å². The van der Waals surface area contributed by atoms with Gasteiger partial charge in [-0.25, -0.2) is 0 Å². The molecule has 0 saturated heterocycles. The van der Waals surface area contributed by atoms with Crippen molar-refractivity contribution in [3.63, 3.8) is 0 Å². The van der Waals surface area contributed by atoms with E-state index in [0.29, 0.717) is 29.2 Å². The normalized spacial score (nSPS) is 15.2. The van der Waals surface area contributed by atoms with E-state index in [1.807, 2.05) is 13.0 Å². The molecule has 0 spiro atoms. The number of alkyl halides is 3. The highest BCUT2D eigenvalue weighted by molar-refractivity contribution is 6.15. The van der Waals surface area contributed by atoms with E-state index in [-0.39, 0.29) is 29.4 Å². The van der Waals surface area contributed by atoms with Crippen molar-refractivity contribution in [3.05, 3.63) is 71.0 Å². The molecule has 2 heterocycles. The number of benzene rings is 2. The average Bonchev–Trinajstić information content (AvgIpc) is 3.28. The van der Waals surface area contributed by atoms with E-state index in [1.165, 1.54) is 29.0 Å². The zero-order chi connectivity index (χ0) is 26.7. The molecule has 1 aromatic heterocycles. The van der Waals surface area contributed by atoms with Gasteiger partial charge in [0.15, 0.2) is 0 Å². The number of ether oxygens (including phenoxy) is 1. The van der Waals surface area contributed by atoms with E-state index in [0.717, 1.165) is 0 Å². The van der Waals surface area contributed by atoms with Crippen LogP contribution in [0.3, 0.4) is 0 Å². The number of amides is 2. The van der Waals surface area contributed by atoms with Crippen LogP contribution in [0.2, 0.25) is 0 Å². The molecule has 2 amide bonds. The van der Waals surface area contributed by atoms with E-state index in [9.17, 15) is 28.0 Å². The molecular weight excluding hydrogens is 489 g/mol. The second kappa shape index (κ2) is 10.3. The van der Waals surface area contributed by atoms with Crippen molar-refractivity contribution in [1.82, 2.24) is 15.1 Å². The molecule has 2 aromatic carbocycles. The Kier molecular flexibility index (Phi) is 7.17. The smallest absolute Gasteiger partial charge is 0.401 e. The lowest BCUT2D eigenvalue weighted by Crippen LogP contribution is -2.47. The van der Waals surface area contributed by atoms with Crippen molar-refractivity contribution >= 4 is 23.2 Å². The van der Waals surface area contributed by atoms with Crippen LogP contribution >= 0.6 is 0 Å². The van der Waals surface area contributed by atoms with Crippen LogP contribution in [-0.4, -0.2) is 47.5 Å². The van der Waals surface area contributed by atoms with Crippen molar-refractivity contribution in [2.75, 3.05) is 23.9 Å². The molecule has 1 unspecified atom stereocenters. The Morgan fingerprint density at radius 2 is 1.97 bits per heavy atom. The maximum atomic E-state index is 13.5. The molecule has 0 bridgehead atoms. The zero-order valence-electron chi connectivity index (χ0n) is 20.0. The molecule has 0 radical (unpaired) electrons. The number of nitrogens with one attached hydrogen (secondary N) is 2. The molecule has 9 nitrogen and oxygen atoms in total. The number of hydrogen-bond acceptors (Lipinski definition) is 6. The van der Waals surface area contributed by atoms with Crippen molar-refractivity contribution in [2.45, 2.75) is 32.2 Å². The highest BCUT2D eigenvalue weighted by Gasteiger charge is 2.36. The molecule has 0 saturated carbocycles. The van der Waals surface area contributed by atoms with Crippen LogP contribution in [0.25, 0.3) is 0 Å². The number of carbonyl (C=O) groups is 2. The van der Waals surface area contributed by atoms with Crippen LogP contribution < -0.4 is 20.3 Å². The molecule has 4 rings (SSSR count). The number of halogens is 3. The SMILES string of the molecule is COc1ccc(NC(=O)c2cnn3c2C(=O)N(c2ccc(CNCC(F)(F)F)cc2)C(C)C3)cc1C#N. The van der Waals surface area contributed by atoms with Crippen molar-refractivity contribution in [3.8, 4) is 11.8 Å². The summed E-state index contributed by atoms with van der Waals surface area (Å²) in [6.07, 6.45) is -2.98. The molecule has 1 atom stereocenters. The lowest BCUT2D eigenvalue weighted by molar-refractivity contribution is -0.125. The van der Waals surface area contributed by atoms with Crippen LogP contribution in [0.1, 0.15) is 38.9 Å². The fourth-order valence-electron chi connectivity index (χ4n) is 4.13. The first kappa shape index (κ1) is 25.7. The molecule has 2 N–H and O–H groups in total. The van der Waals surface area contributed by atoms with Gasteiger partial charge in [0, 0.05) is 17.9 Å². The van der Waals surface area contributed by atoms with Gasteiger partial charge in [-0.05, 0) is 42.8 Å². The van der Waals surface area contributed by atoms with Gasteiger partial charge in [-0.15, -0.1) is 0 Å². The lowest BCUT2D eigenvalue weighted by atomic mass is 10.1. The summed E-state index contributed by atoms with van der Waals surface area (Å²) < 4.78 is 43.7. The molecule has 192 valence electrons. The summed E-state index contributed by atoms with van der Waals surface area (Å²) in [7, 11) is 1.43. The topological polar surface area (TPSA) is 112 Å². The van der Waals surface area contributed by atoms with Crippen LogP contribution in [0.15, 0.2) is 48.7 Å². The van der Waals surface area contributed by atoms with Gasteiger partial charge in [0.1, 0.15) is 17.5 Å². The van der Waals surface area contributed by atoms with Gasteiger partial charge < -0.3 is 20.3 Å².